The number of urea groups is 1. The molecule has 2 fully saturated rings. The molecule has 1 N–H and O–H groups in total. The van der Waals surface area contributed by atoms with Crippen LogP contribution in [0.1, 0.15) is 24.8 Å². The first-order chi connectivity index (χ1) is 9.99. The molecule has 1 aliphatic heterocycles. The first-order valence-corrected chi connectivity index (χ1v) is 6.84. The average Bonchev–Trinajstić information content (AvgIpc) is 2.37. The molecule has 1 aromatic carbocycles. The first-order valence-electron chi connectivity index (χ1n) is 6.84. The minimum atomic E-state index is -1.08. The zero-order valence-electron chi connectivity index (χ0n) is 11.9. The third-order valence-corrected chi connectivity index (χ3v) is 4.25. The van der Waals surface area contributed by atoms with E-state index in [0.717, 1.165) is 16.9 Å². The van der Waals surface area contributed by atoms with Crippen LogP contribution in [0.4, 0.5) is 10.5 Å². The number of carbonyl (C=O) groups is 3. The molecule has 1 saturated heterocycles. The number of imide groups is 2. The highest BCUT2D eigenvalue weighted by Gasteiger charge is 2.58. The molecular weight excluding hydrogens is 272 g/mol. The van der Waals surface area contributed by atoms with Crippen molar-refractivity contribution in [3.63, 3.8) is 0 Å². The van der Waals surface area contributed by atoms with Crippen molar-refractivity contribution >= 4 is 23.5 Å². The molecule has 6 heteroatoms. The third-order valence-electron chi connectivity index (χ3n) is 4.25. The van der Waals surface area contributed by atoms with Gasteiger partial charge in [0.05, 0.1) is 12.8 Å². The molecular formula is C15H16N2O4. The van der Waals surface area contributed by atoms with Crippen LogP contribution >= 0.6 is 0 Å². The molecule has 0 unspecified atom stereocenters. The quantitative estimate of drug-likeness (QED) is 0.841. The molecule has 6 nitrogen and oxygen atoms in total. The van der Waals surface area contributed by atoms with Crippen molar-refractivity contribution < 1.29 is 19.1 Å². The van der Waals surface area contributed by atoms with Gasteiger partial charge in [-0.2, -0.15) is 0 Å². The molecule has 1 aliphatic carbocycles. The van der Waals surface area contributed by atoms with Crippen LogP contribution in [0.15, 0.2) is 18.2 Å². The van der Waals surface area contributed by atoms with E-state index in [1.807, 2.05) is 13.0 Å². The van der Waals surface area contributed by atoms with Crippen molar-refractivity contribution in [2.24, 2.45) is 5.41 Å². The van der Waals surface area contributed by atoms with E-state index in [-0.39, 0.29) is 0 Å². The minimum absolute atomic E-state index is 0.374. The number of methoxy groups -OCH3 is 1. The summed E-state index contributed by atoms with van der Waals surface area (Å²) in [4.78, 5) is 37.9. The summed E-state index contributed by atoms with van der Waals surface area (Å²) in [5.74, 6) is -0.508. The van der Waals surface area contributed by atoms with Crippen molar-refractivity contribution in [2.45, 2.75) is 26.2 Å². The van der Waals surface area contributed by atoms with Crippen molar-refractivity contribution in [3.05, 3.63) is 23.8 Å². The van der Waals surface area contributed by atoms with Gasteiger partial charge in [0.25, 0.3) is 5.91 Å². The molecule has 21 heavy (non-hydrogen) atoms. The van der Waals surface area contributed by atoms with Crippen molar-refractivity contribution in [3.8, 4) is 5.75 Å². The number of nitrogens with one attached hydrogen (secondary N) is 1. The number of amides is 4. The van der Waals surface area contributed by atoms with E-state index in [1.54, 1.807) is 12.1 Å². The van der Waals surface area contributed by atoms with Crippen LogP contribution in [0.2, 0.25) is 0 Å². The van der Waals surface area contributed by atoms with E-state index < -0.39 is 23.3 Å². The van der Waals surface area contributed by atoms with E-state index in [9.17, 15) is 14.4 Å². The number of ether oxygens (including phenoxy) is 1. The van der Waals surface area contributed by atoms with E-state index in [4.69, 9.17) is 4.74 Å². The van der Waals surface area contributed by atoms with Crippen LogP contribution in [0.5, 0.6) is 5.75 Å². The molecule has 110 valence electrons. The maximum Gasteiger partial charge on any atom is 0.335 e. The predicted molar refractivity (Wildman–Crippen MR) is 75.0 cm³/mol. The van der Waals surface area contributed by atoms with E-state index >= 15 is 0 Å². The Balaban J connectivity index is 2.08. The molecule has 0 aromatic heterocycles. The van der Waals surface area contributed by atoms with E-state index in [0.29, 0.717) is 24.3 Å². The summed E-state index contributed by atoms with van der Waals surface area (Å²) in [5.41, 5.74) is 0.188. The minimum Gasteiger partial charge on any atom is -0.495 e. The number of hydrogen-bond donors (Lipinski definition) is 1. The number of aryl methyl sites for hydroxylation is 1. The Kier molecular flexibility index (Phi) is 2.97. The molecule has 1 spiro atoms. The lowest BCUT2D eigenvalue weighted by Gasteiger charge is -2.44. The van der Waals surface area contributed by atoms with Gasteiger partial charge in [-0.05, 0) is 37.5 Å². The monoisotopic (exact) mass is 288 g/mol. The molecule has 3 rings (SSSR count). The number of nitrogens with zero attached hydrogens (tertiary/aromatic N) is 1. The molecule has 0 radical (unpaired) electrons. The number of barbiturate groups is 1. The smallest absolute Gasteiger partial charge is 0.335 e. The average molecular weight is 288 g/mol. The van der Waals surface area contributed by atoms with Crippen LogP contribution in [0.25, 0.3) is 0 Å². The zero-order chi connectivity index (χ0) is 15.2. The van der Waals surface area contributed by atoms with Gasteiger partial charge in [0, 0.05) is 0 Å². The van der Waals surface area contributed by atoms with Crippen LogP contribution in [-0.4, -0.2) is 25.0 Å². The van der Waals surface area contributed by atoms with E-state index in [2.05, 4.69) is 5.32 Å². The normalized spacial score (nSPS) is 20.3. The Morgan fingerprint density at radius 3 is 2.52 bits per heavy atom. The Hall–Kier alpha value is -2.37. The van der Waals surface area contributed by atoms with Gasteiger partial charge < -0.3 is 4.74 Å². The number of hydrogen-bond acceptors (Lipinski definition) is 4. The highest BCUT2D eigenvalue weighted by atomic mass is 16.5. The van der Waals surface area contributed by atoms with Gasteiger partial charge in [0.1, 0.15) is 11.2 Å². The van der Waals surface area contributed by atoms with Gasteiger partial charge >= 0.3 is 6.03 Å². The zero-order valence-corrected chi connectivity index (χ0v) is 11.9. The molecule has 2 aliphatic rings. The molecule has 0 bridgehead atoms. The van der Waals surface area contributed by atoms with Gasteiger partial charge in [0.15, 0.2) is 0 Å². The van der Waals surface area contributed by atoms with Gasteiger partial charge in [-0.25, -0.2) is 9.69 Å². The highest BCUT2D eigenvalue weighted by molar-refractivity contribution is 6.30. The summed E-state index contributed by atoms with van der Waals surface area (Å²) >= 11 is 0. The molecule has 1 aromatic rings. The Bertz CT molecular complexity index is 649. The standard InChI is InChI=1S/C15H16N2O4/c1-9-4-5-11(21-2)10(8-9)17-13(19)15(6-3-7-15)12(18)16-14(17)20/h4-5,8H,3,6-7H2,1-2H3,(H,16,18,20). The fourth-order valence-corrected chi connectivity index (χ4v) is 2.84. The largest absolute Gasteiger partial charge is 0.495 e. The van der Waals surface area contributed by atoms with Gasteiger partial charge in [-0.3, -0.25) is 14.9 Å². The Labute approximate surface area is 122 Å². The Morgan fingerprint density at radius 2 is 1.95 bits per heavy atom. The predicted octanol–water partition coefficient (Wildman–Crippen LogP) is 1.76. The second-order valence-electron chi connectivity index (χ2n) is 5.51. The topological polar surface area (TPSA) is 75.7 Å². The van der Waals surface area contributed by atoms with Crippen LogP contribution in [0.3, 0.4) is 0 Å². The number of anilines is 1. The summed E-state index contributed by atoms with van der Waals surface area (Å²) in [6.45, 7) is 1.86. The van der Waals surface area contributed by atoms with Crippen molar-refractivity contribution in [2.75, 3.05) is 12.0 Å². The lowest BCUT2D eigenvalue weighted by atomic mass is 9.66. The lowest BCUT2D eigenvalue weighted by Crippen LogP contribution is -2.66. The van der Waals surface area contributed by atoms with Crippen LogP contribution in [-0.2, 0) is 9.59 Å². The van der Waals surface area contributed by atoms with Crippen molar-refractivity contribution in [1.82, 2.24) is 5.32 Å². The first kappa shape index (κ1) is 13.6. The van der Waals surface area contributed by atoms with Crippen LogP contribution in [0, 0.1) is 12.3 Å². The Morgan fingerprint density at radius 1 is 1.24 bits per heavy atom. The SMILES string of the molecule is COc1ccc(C)cc1N1C(=O)NC(=O)C2(CCC2)C1=O. The second kappa shape index (κ2) is 4.58. The summed E-state index contributed by atoms with van der Waals surface area (Å²) < 4.78 is 5.24. The summed E-state index contributed by atoms with van der Waals surface area (Å²) in [6.07, 6.45) is 1.78. The number of carbonyl (C=O) groups excluding carboxylic acids is 3. The van der Waals surface area contributed by atoms with Gasteiger partial charge in [-0.1, -0.05) is 12.5 Å². The fourth-order valence-electron chi connectivity index (χ4n) is 2.84. The highest BCUT2D eigenvalue weighted by Crippen LogP contribution is 2.46. The summed E-state index contributed by atoms with van der Waals surface area (Å²) in [7, 11) is 1.48. The molecule has 1 saturated carbocycles. The number of benzene rings is 1. The van der Waals surface area contributed by atoms with Crippen molar-refractivity contribution in [1.29, 1.82) is 0 Å². The molecule has 1 heterocycles. The maximum atomic E-state index is 12.7. The number of rotatable bonds is 2. The molecule has 4 amide bonds. The maximum absolute atomic E-state index is 12.7. The van der Waals surface area contributed by atoms with Crippen LogP contribution < -0.4 is 15.0 Å². The third kappa shape index (κ3) is 1.82. The fraction of sp³-hybridized carbons (Fsp3) is 0.400. The van der Waals surface area contributed by atoms with E-state index in [1.165, 1.54) is 7.11 Å². The second-order valence-corrected chi connectivity index (χ2v) is 5.51. The van der Waals surface area contributed by atoms with Gasteiger partial charge in [-0.15, -0.1) is 0 Å². The summed E-state index contributed by atoms with van der Waals surface area (Å²) in [5, 5.41) is 2.29. The summed E-state index contributed by atoms with van der Waals surface area (Å²) in [6, 6.07) is 4.53. The lowest BCUT2D eigenvalue weighted by molar-refractivity contribution is -0.148. The van der Waals surface area contributed by atoms with Gasteiger partial charge in [0.2, 0.25) is 5.91 Å². The molecule has 0 atom stereocenters.